The Bertz CT molecular complexity index is 2090. The van der Waals surface area contributed by atoms with Gasteiger partial charge in [0.05, 0.1) is 16.6 Å². The maximum Gasteiger partial charge on any atom is 0.0572 e. The lowest BCUT2D eigenvalue weighted by Crippen LogP contribution is -2.08. The van der Waals surface area contributed by atoms with E-state index >= 15 is 0 Å². The number of fused-ring (bicyclic) bond motifs is 6. The summed E-state index contributed by atoms with van der Waals surface area (Å²) in [5.41, 5.74) is 13.2. The monoisotopic (exact) mass is 518 g/mol. The van der Waals surface area contributed by atoms with Crippen LogP contribution in [-0.4, -0.2) is 36.8 Å². The van der Waals surface area contributed by atoms with E-state index in [9.17, 15) is 0 Å². The fourth-order valence-corrected chi connectivity index (χ4v) is 6.39. The Kier molecular flexibility index (Phi) is 4.98. The lowest BCUT2D eigenvalue weighted by atomic mass is 9.95. The van der Waals surface area contributed by atoms with E-state index in [2.05, 4.69) is 97.5 Å². The molecule has 1 aliphatic heterocycles. The Balaban J connectivity index is 1.24. The summed E-state index contributed by atoms with van der Waals surface area (Å²) in [6, 6.07) is 19.8. The predicted octanol–water partition coefficient (Wildman–Crippen LogP) is 7.17. The molecule has 0 radical (unpaired) electrons. The molecule has 6 heteroatoms. The fourth-order valence-electron chi connectivity index (χ4n) is 6.39. The van der Waals surface area contributed by atoms with Crippen molar-refractivity contribution in [2.45, 2.75) is 20.3 Å². The minimum atomic E-state index is 0.818. The molecule has 0 N–H and O–H groups in total. The third-order valence-electron chi connectivity index (χ3n) is 8.20. The fraction of sp³-hybridized carbons (Fsp3) is 0.118. The third-order valence-corrected chi connectivity index (χ3v) is 8.20. The molecule has 40 heavy (non-hydrogen) atoms. The minimum absolute atomic E-state index is 0.818. The van der Waals surface area contributed by atoms with E-state index < -0.39 is 0 Å². The smallest absolute Gasteiger partial charge is 0.0572 e. The Hall–Kier alpha value is -5.10. The highest BCUT2D eigenvalue weighted by Gasteiger charge is 2.20. The molecule has 6 heterocycles. The van der Waals surface area contributed by atoms with E-state index in [1.165, 1.54) is 44.7 Å². The van der Waals surface area contributed by atoms with Gasteiger partial charge in [-0.25, -0.2) is 0 Å². The third kappa shape index (κ3) is 3.29. The Morgan fingerprint density at radius 2 is 1.12 bits per heavy atom. The van der Waals surface area contributed by atoms with Crippen LogP contribution >= 0.6 is 0 Å². The molecule has 2 aromatic carbocycles. The second-order valence-corrected chi connectivity index (χ2v) is 10.5. The first-order valence-electron chi connectivity index (χ1n) is 13.6. The molecule has 5 aromatic heterocycles. The normalized spacial score (nSPS) is 12.9. The maximum absolute atomic E-state index is 4.54. The molecule has 0 spiro atoms. The summed E-state index contributed by atoms with van der Waals surface area (Å²) in [6.07, 6.45) is 14.3. The number of aromatic nitrogens is 5. The van der Waals surface area contributed by atoms with E-state index in [0.29, 0.717) is 0 Å². The molecular weight excluding hydrogens is 492 g/mol. The van der Waals surface area contributed by atoms with Crippen molar-refractivity contribution in [3.8, 4) is 22.5 Å². The van der Waals surface area contributed by atoms with Gasteiger partial charge in [0.1, 0.15) is 0 Å². The largest absolute Gasteiger partial charge is 0.313 e. The van der Waals surface area contributed by atoms with Crippen molar-refractivity contribution in [1.29, 1.82) is 0 Å². The van der Waals surface area contributed by atoms with Gasteiger partial charge < -0.3 is 9.13 Å². The van der Waals surface area contributed by atoms with Crippen molar-refractivity contribution >= 4 is 38.9 Å². The molecule has 0 saturated heterocycles. The van der Waals surface area contributed by atoms with Crippen LogP contribution in [0.15, 0.2) is 96.8 Å². The highest BCUT2D eigenvalue weighted by atomic mass is 15.0. The Labute approximate surface area is 231 Å². The van der Waals surface area contributed by atoms with E-state index in [4.69, 9.17) is 0 Å². The number of aliphatic imine (C=N–C) groups is 1. The molecule has 8 rings (SSSR count). The number of nitrogens with zero attached hydrogens (tertiary/aromatic N) is 6. The number of benzene rings is 2. The highest BCUT2D eigenvalue weighted by molar-refractivity contribution is 6.08. The summed E-state index contributed by atoms with van der Waals surface area (Å²) < 4.78 is 4.69. The van der Waals surface area contributed by atoms with E-state index in [1.54, 1.807) is 0 Å². The lowest BCUT2D eigenvalue weighted by molar-refractivity contribution is 0.874. The van der Waals surface area contributed by atoms with Crippen molar-refractivity contribution in [2.75, 3.05) is 6.54 Å². The van der Waals surface area contributed by atoms with Crippen LogP contribution in [-0.2, 0) is 6.42 Å². The quantitative estimate of drug-likeness (QED) is 0.249. The van der Waals surface area contributed by atoms with Crippen LogP contribution in [0.5, 0.6) is 0 Å². The van der Waals surface area contributed by atoms with E-state index in [-0.39, 0.29) is 0 Å². The van der Waals surface area contributed by atoms with Crippen LogP contribution in [0.1, 0.15) is 22.4 Å². The first kappa shape index (κ1) is 22.8. The number of rotatable bonds is 3. The van der Waals surface area contributed by atoms with E-state index in [0.717, 1.165) is 45.8 Å². The van der Waals surface area contributed by atoms with Crippen LogP contribution in [0.3, 0.4) is 0 Å². The first-order valence-corrected chi connectivity index (χ1v) is 13.6. The number of aryl methyl sites for hydroxylation is 2. The zero-order valence-corrected chi connectivity index (χ0v) is 22.3. The molecule has 0 unspecified atom stereocenters. The summed E-state index contributed by atoms with van der Waals surface area (Å²) >= 11 is 0. The molecule has 0 amide bonds. The summed E-state index contributed by atoms with van der Waals surface area (Å²) in [6.45, 7) is 5.23. The van der Waals surface area contributed by atoms with Gasteiger partial charge in [0.2, 0.25) is 0 Å². The zero-order valence-electron chi connectivity index (χ0n) is 22.3. The van der Waals surface area contributed by atoms with Crippen LogP contribution in [0, 0.1) is 13.8 Å². The summed E-state index contributed by atoms with van der Waals surface area (Å²) in [5.74, 6) is 0. The summed E-state index contributed by atoms with van der Waals surface area (Å²) in [7, 11) is 0. The number of hydrogen-bond donors (Lipinski definition) is 0. The SMILES string of the molecule is Cc1cc(-n2c3c(c4cnccc42)C=NCC3)ccc1-c1ccc(-n2c3ccncc3c3cnccc32)cc1C. The van der Waals surface area contributed by atoms with E-state index in [1.807, 2.05) is 43.4 Å². The first-order chi connectivity index (χ1) is 19.7. The average Bonchev–Trinajstić information content (AvgIpc) is 3.51. The van der Waals surface area contributed by atoms with Crippen LogP contribution in [0.25, 0.3) is 55.2 Å². The van der Waals surface area contributed by atoms with Crippen molar-refractivity contribution in [3.63, 3.8) is 0 Å². The van der Waals surface area contributed by atoms with Gasteiger partial charge >= 0.3 is 0 Å². The Morgan fingerprint density at radius 3 is 1.70 bits per heavy atom. The van der Waals surface area contributed by atoms with Crippen molar-refractivity contribution in [1.82, 2.24) is 24.1 Å². The second kappa shape index (κ2) is 8.71. The van der Waals surface area contributed by atoms with Gasteiger partial charge in [0.15, 0.2) is 0 Å². The van der Waals surface area contributed by atoms with Gasteiger partial charge in [-0.3, -0.25) is 19.9 Å². The summed E-state index contributed by atoms with van der Waals surface area (Å²) in [5, 5.41) is 3.38. The van der Waals surface area contributed by atoms with Crippen molar-refractivity contribution in [2.24, 2.45) is 4.99 Å². The standard InChI is InChI=1S/C34H26N6/c1-21-15-23(39-31-7-11-35-17-27(31)28-18-36-12-8-32(28)39)3-5-25(21)26-6-4-24(16-22(26)2)40-33-9-13-37-19-29(33)30-20-38-14-10-34(30)40/h3-9,11-13,15-20H,10,14H2,1-2H3. The zero-order chi connectivity index (χ0) is 26.8. The number of pyridine rings is 3. The molecular formula is C34H26N6. The van der Waals surface area contributed by atoms with Gasteiger partial charge in [-0.2, -0.15) is 0 Å². The second-order valence-electron chi connectivity index (χ2n) is 10.5. The van der Waals surface area contributed by atoms with Crippen LogP contribution in [0.2, 0.25) is 0 Å². The molecule has 0 saturated carbocycles. The van der Waals surface area contributed by atoms with Gasteiger partial charge in [-0.1, -0.05) is 12.1 Å². The summed E-state index contributed by atoms with van der Waals surface area (Å²) in [4.78, 5) is 17.7. The molecule has 7 aromatic rings. The number of hydrogen-bond acceptors (Lipinski definition) is 4. The Morgan fingerprint density at radius 1 is 0.600 bits per heavy atom. The molecule has 6 nitrogen and oxygen atoms in total. The molecule has 1 aliphatic rings. The lowest BCUT2D eigenvalue weighted by Gasteiger charge is -2.17. The topological polar surface area (TPSA) is 60.9 Å². The predicted molar refractivity (Wildman–Crippen MR) is 162 cm³/mol. The van der Waals surface area contributed by atoms with Gasteiger partial charge in [0.25, 0.3) is 0 Å². The molecule has 0 atom stereocenters. The molecule has 0 bridgehead atoms. The molecule has 0 aliphatic carbocycles. The van der Waals surface area contributed by atoms with Crippen molar-refractivity contribution < 1.29 is 0 Å². The minimum Gasteiger partial charge on any atom is -0.313 e. The van der Waals surface area contributed by atoms with Gasteiger partial charge in [0, 0.05) is 95.2 Å². The average molecular weight is 519 g/mol. The van der Waals surface area contributed by atoms with Crippen LogP contribution < -0.4 is 0 Å². The molecule has 0 fully saturated rings. The van der Waals surface area contributed by atoms with Crippen molar-refractivity contribution in [3.05, 3.63) is 114 Å². The van der Waals surface area contributed by atoms with Gasteiger partial charge in [-0.05, 0) is 78.6 Å². The van der Waals surface area contributed by atoms with Crippen LogP contribution in [0.4, 0.5) is 0 Å². The van der Waals surface area contributed by atoms with Gasteiger partial charge in [-0.15, -0.1) is 0 Å². The maximum atomic E-state index is 4.54. The molecule has 192 valence electrons. The highest BCUT2D eigenvalue weighted by Crippen LogP contribution is 2.36.